The van der Waals surface area contributed by atoms with Crippen LogP contribution in [0.3, 0.4) is 0 Å². The van der Waals surface area contributed by atoms with Crippen molar-refractivity contribution in [3.63, 3.8) is 0 Å². The highest BCUT2D eigenvalue weighted by Crippen LogP contribution is 2.40. The zero-order valence-electron chi connectivity index (χ0n) is 15.5. The summed E-state index contributed by atoms with van der Waals surface area (Å²) >= 11 is 0. The number of aliphatic hydroxyl groups is 1. The number of hydrogen-bond donors (Lipinski definition) is 3. The summed E-state index contributed by atoms with van der Waals surface area (Å²) in [5, 5.41) is 29.7. The van der Waals surface area contributed by atoms with E-state index >= 15 is 0 Å². The van der Waals surface area contributed by atoms with Gasteiger partial charge in [0, 0.05) is 12.1 Å². The third-order valence-electron chi connectivity index (χ3n) is 4.66. The highest BCUT2D eigenvalue weighted by molar-refractivity contribution is 6.46. The molecule has 0 saturated carbocycles. The SMILES string of the molecule is COc1ccc(/C(O)=C2/C(=O)C(=O)N(CCC(=O)O)C2c2cccc(O)c2)cc1. The van der Waals surface area contributed by atoms with Crippen molar-refractivity contribution >= 4 is 23.4 Å². The minimum Gasteiger partial charge on any atom is -0.508 e. The number of phenols is 1. The minimum absolute atomic E-state index is 0.0873. The van der Waals surface area contributed by atoms with Gasteiger partial charge in [-0.1, -0.05) is 12.1 Å². The molecular weight excluding hydrogens is 378 g/mol. The molecule has 3 N–H and O–H groups in total. The molecule has 1 aliphatic heterocycles. The van der Waals surface area contributed by atoms with Crippen LogP contribution in [0.2, 0.25) is 0 Å². The molecule has 1 amide bonds. The summed E-state index contributed by atoms with van der Waals surface area (Å²) in [5.41, 5.74) is 0.507. The lowest BCUT2D eigenvalue weighted by atomic mass is 9.95. The number of methoxy groups -OCH3 is 1. The molecule has 0 bridgehead atoms. The highest BCUT2D eigenvalue weighted by atomic mass is 16.5. The molecule has 0 spiro atoms. The lowest BCUT2D eigenvalue weighted by Crippen LogP contribution is -2.31. The van der Waals surface area contributed by atoms with Crippen LogP contribution >= 0.6 is 0 Å². The first kappa shape index (κ1) is 19.9. The van der Waals surface area contributed by atoms with Crippen molar-refractivity contribution in [1.29, 1.82) is 0 Å². The molecule has 3 rings (SSSR count). The number of carbonyl (C=O) groups is 3. The number of Topliss-reactive ketones (excluding diaryl/α,β-unsaturated/α-hetero) is 1. The van der Waals surface area contributed by atoms with Crippen LogP contribution in [0.25, 0.3) is 5.76 Å². The average Bonchev–Trinajstić information content (AvgIpc) is 2.96. The molecule has 8 nitrogen and oxygen atoms in total. The number of ether oxygens (including phenoxy) is 1. The molecule has 150 valence electrons. The molecule has 1 aliphatic rings. The Morgan fingerprint density at radius 3 is 2.38 bits per heavy atom. The summed E-state index contributed by atoms with van der Waals surface area (Å²) in [5.74, 6) is -2.88. The largest absolute Gasteiger partial charge is 0.508 e. The van der Waals surface area contributed by atoms with Gasteiger partial charge in [-0.05, 0) is 42.0 Å². The first-order chi connectivity index (χ1) is 13.8. The van der Waals surface area contributed by atoms with Crippen LogP contribution in [-0.2, 0) is 14.4 Å². The molecular formula is C21H19NO7. The molecule has 1 unspecified atom stereocenters. The van der Waals surface area contributed by atoms with Gasteiger partial charge in [0.2, 0.25) is 0 Å². The number of aromatic hydroxyl groups is 1. The van der Waals surface area contributed by atoms with Gasteiger partial charge in [-0.15, -0.1) is 0 Å². The van der Waals surface area contributed by atoms with Crippen molar-refractivity contribution in [3.05, 3.63) is 65.2 Å². The lowest BCUT2D eigenvalue weighted by Gasteiger charge is -2.24. The molecule has 0 radical (unpaired) electrons. The zero-order valence-corrected chi connectivity index (χ0v) is 15.5. The Balaban J connectivity index is 2.14. The molecule has 0 aromatic heterocycles. The topological polar surface area (TPSA) is 124 Å². The summed E-state index contributed by atoms with van der Waals surface area (Å²) in [7, 11) is 1.49. The molecule has 2 aromatic carbocycles. The van der Waals surface area contributed by atoms with E-state index in [0.29, 0.717) is 16.9 Å². The van der Waals surface area contributed by atoms with Gasteiger partial charge in [0.1, 0.15) is 17.3 Å². The normalized spacial score (nSPS) is 18.1. The predicted molar refractivity (Wildman–Crippen MR) is 102 cm³/mol. The fourth-order valence-electron chi connectivity index (χ4n) is 3.27. The van der Waals surface area contributed by atoms with Crippen molar-refractivity contribution in [2.75, 3.05) is 13.7 Å². The van der Waals surface area contributed by atoms with Gasteiger partial charge in [-0.3, -0.25) is 14.4 Å². The number of nitrogens with zero attached hydrogens (tertiary/aromatic N) is 1. The average molecular weight is 397 g/mol. The molecule has 1 fully saturated rings. The van der Waals surface area contributed by atoms with Crippen LogP contribution in [-0.4, -0.2) is 51.5 Å². The Kier molecular flexibility index (Phi) is 5.54. The van der Waals surface area contributed by atoms with Crippen LogP contribution < -0.4 is 4.74 Å². The first-order valence-electron chi connectivity index (χ1n) is 8.77. The standard InChI is InChI=1S/C21H19NO7/c1-29-15-7-5-12(6-8-15)19(26)17-18(13-3-2-4-14(23)11-13)22(10-9-16(24)25)21(28)20(17)27/h2-8,11,18,23,26H,9-10H2,1H3,(H,24,25)/b19-17-. The third kappa shape index (κ3) is 3.91. The fraction of sp³-hybridized carbons (Fsp3) is 0.190. The van der Waals surface area contributed by atoms with Crippen molar-refractivity contribution in [3.8, 4) is 11.5 Å². The quantitative estimate of drug-likeness (QED) is 0.388. The number of carbonyl (C=O) groups excluding carboxylic acids is 2. The maximum Gasteiger partial charge on any atom is 0.305 e. The molecule has 0 aliphatic carbocycles. The summed E-state index contributed by atoms with van der Waals surface area (Å²) in [6, 6.07) is 11.2. The van der Waals surface area contributed by atoms with Crippen LogP contribution in [0.5, 0.6) is 11.5 Å². The number of carboxylic acid groups (broad SMARTS) is 1. The highest BCUT2D eigenvalue weighted by Gasteiger charge is 2.46. The van der Waals surface area contributed by atoms with Gasteiger partial charge in [0.25, 0.3) is 11.7 Å². The van der Waals surface area contributed by atoms with E-state index in [4.69, 9.17) is 9.84 Å². The van der Waals surface area contributed by atoms with Gasteiger partial charge in [-0.2, -0.15) is 0 Å². The molecule has 2 aromatic rings. The number of benzene rings is 2. The summed E-state index contributed by atoms with van der Waals surface area (Å²) in [6.07, 6.45) is -0.370. The number of likely N-dealkylation sites (tertiary alicyclic amines) is 1. The van der Waals surface area contributed by atoms with Gasteiger partial charge in [0.05, 0.1) is 25.1 Å². The fourth-order valence-corrected chi connectivity index (χ4v) is 3.27. The second kappa shape index (κ2) is 8.05. The molecule has 1 heterocycles. The summed E-state index contributed by atoms with van der Waals surface area (Å²) in [6.45, 7) is -0.223. The molecule has 1 saturated heterocycles. The maximum atomic E-state index is 12.7. The molecule has 8 heteroatoms. The van der Waals surface area contributed by atoms with E-state index in [2.05, 4.69) is 0 Å². The summed E-state index contributed by atoms with van der Waals surface area (Å²) in [4.78, 5) is 37.4. The number of phenolic OH excluding ortho intramolecular Hbond substituents is 1. The Morgan fingerprint density at radius 1 is 1.10 bits per heavy atom. The Hall–Kier alpha value is -3.81. The lowest BCUT2D eigenvalue weighted by molar-refractivity contribution is -0.142. The maximum absolute atomic E-state index is 12.7. The molecule has 1 atom stereocenters. The van der Waals surface area contributed by atoms with Crippen LogP contribution in [0.4, 0.5) is 0 Å². The smallest absolute Gasteiger partial charge is 0.305 e. The van der Waals surface area contributed by atoms with Gasteiger partial charge >= 0.3 is 5.97 Å². The van der Waals surface area contributed by atoms with Crippen LogP contribution in [0, 0.1) is 0 Å². The minimum atomic E-state index is -1.13. The van der Waals surface area contributed by atoms with E-state index in [9.17, 15) is 24.6 Å². The third-order valence-corrected chi connectivity index (χ3v) is 4.66. The number of aliphatic hydroxyl groups excluding tert-OH is 1. The van der Waals surface area contributed by atoms with E-state index < -0.39 is 29.5 Å². The zero-order chi connectivity index (χ0) is 21.1. The Labute approximate surface area is 166 Å². The predicted octanol–water partition coefficient (Wildman–Crippen LogP) is 2.30. The number of carboxylic acids is 1. The van der Waals surface area contributed by atoms with Gasteiger partial charge in [-0.25, -0.2) is 0 Å². The Morgan fingerprint density at radius 2 is 1.79 bits per heavy atom. The Bertz CT molecular complexity index is 994. The van der Waals surface area contributed by atoms with Crippen molar-refractivity contribution < 1.29 is 34.4 Å². The number of ketones is 1. The first-order valence-corrected chi connectivity index (χ1v) is 8.77. The second-order valence-electron chi connectivity index (χ2n) is 6.46. The van der Waals surface area contributed by atoms with E-state index in [1.165, 1.54) is 25.3 Å². The van der Waals surface area contributed by atoms with Crippen molar-refractivity contribution in [2.45, 2.75) is 12.5 Å². The number of hydrogen-bond acceptors (Lipinski definition) is 6. The van der Waals surface area contributed by atoms with Crippen LogP contribution in [0.15, 0.2) is 54.1 Å². The number of rotatable bonds is 6. The van der Waals surface area contributed by atoms with Gasteiger partial charge in [0.15, 0.2) is 0 Å². The number of amides is 1. The van der Waals surface area contributed by atoms with Crippen molar-refractivity contribution in [1.82, 2.24) is 4.90 Å². The number of aliphatic carboxylic acids is 1. The van der Waals surface area contributed by atoms with Crippen LogP contribution in [0.1, 0.15) is 23.6 Å². The second-order valence-corrected chi connectivity index (χ2v) is 6.46. The monoisotopic (exact) mass is 397 g/mol. The van der Waals surface area contributed by atoms with Gasteiger partial charge < -0.3 is 25.0 Å². The summed E-state index contributed by atoms with van der Waals surface area (Å²) < 4.78 is 5.08. The van der Waals surface area contributed by atoms with E-state index in [-0.39, 0.29) is 24.3 Å². The molecule has 29 heavy (non-hydrogen) atoms. The van der Waals surface area contributed by atoms with E-state index in [1.54, 1.807) is 30.3 Å². The van der Waals surface area contributed by atoms with E-state index in [1.807, 2.05) is 0 Å². The van der Waals surface area contributed by atoms with E-state index in [0.717, 1.165) is 4.90 Å². The van der Waals surface area contributed by atoms with Crippen molar-refractivity contribution in [2.24, 2.45) is 0 Å².